The number of hydrogen-bond acceptors (Lipinski definition) is 7. The number of hydrogen-bond donors (Lipinski definition) is 0. The summed E-state index contributed by atoms with van der Waals surface area (Å²) in [6, 6.07) is 0. The van der Waals surface area contributed by atoms with Crippen LogP contribution in [0.3, 0.4) is 0 Å². The molecule has 2 bridgehead atoms. The average molecular weight is 383 g/mol. The first-order valence-corrected chi connectivity index (χ1v) is 10.2. The summed E-state index contributed by atoms with van der Waals surface area (Å²) in [6.07, 6.45) is 1.74. The fourth-order valence-electron chi connectivity index (χ4n) is 4.86. The quantitative estimate of drug-likeness (QED) is 0.277. The SMILES string of the molecule is C=C(C)CC(C)(C)C(=O)OCC(=O)OC1C2CC(C3CC32)C1O[S-](=C)=O. The molecule has 6 nitrogen and oxygen atoms in total. The van der Waals surface area contributed by atoms with Crippen LogP contribution in [-0.4, -0.2) is 36.6 Å². The number of rotatable bonds is 8. The molecule has 0 aromatic heterocycles. The molecule has 3 aliphatic rings. The van der Waals surface area contributed by atoms with Crippen molar-refractivity contribution in [2.24, 2.45) is 29.1 Å². The first kappa shape index (κ1) is 19.4. The number of carbonyl (C=O) groups is 2. The van der Waals surface area contributed by atoms with E-state index in [0.29, 0.717) is 18.3 Å². The monoisotopic (exact) mass is 383 g/mol. The molecule has 6 unspecified atom stereocenters. The van der Waals surface area contributed by atoms with Gasteiger partial charge in [0.15, 0.2) is 6.61 Å². The number of ether oxygens (including phenoxy) is 2. The van der Waals surface area contributed by atoms with Gasteiger partial charge in [0.05, 0.1) is 11.5 Å². The van der Waals surface area contributed by atoms with Gasteiger partial charge >= 0.3 is 11.9 Å². The van der Waals surface area contributed by atoms with Crippen molar-refractivity contribution in [2.45, 2.75) is 52.2 Å². The molecule has 0 amide bonds. The molecule has 0 N–H and O–H groups in total. The van der Waals surface area contributed by atoms with Crippen LogP contribution in [0.5, 0.6) is 0 Å². The van der Waals surface area contributed by atoms with Gasteiger partial charge in [0.25, 0.3) is 0 Å². The topological polar surface area (TPSA) is 78.9 Å². The predicted octanol–water partition coefficient (Wildman–Crippen LogP) is 2.42. The highest BCUT2D eigenvalue weighted by atomic mass is 32.2. The molecule has 146 valence electrons. The molecular weight excluding hydrogens is 356 g/mol. The van der Waals surface area contributed by atoms with Crippen molar-refractivity contribution in [3.8, 4) is 0 Å². The molecule has 0 aromatic rings. The molecule has 26 heavy (non-hydrogen) atoms. The Morgan fingerprint density at radius 2 is 1.69 bits per heavy atom. The molecule has 0 radical (unpaired) electrons. The summed E-state index contributed by atoms with van der Waals surface area (Å²) < 4.78 is 27.6. The third kappa shape index (κ3) is 3.83. The van der Waals surface area contributed by atoms with Crippen molar-refractivity contribution in [3.05, 3.63) is 12.2 Å². The first-order chi connectivity index (χ1) is 12.1. The summed E-state index contributed by atoms with van der Waals surface area (Å²) in [5.41, 5.74) is 0.132. The van der Waals surface area contributed by atoms with Gasteiger partial charge in [-0.1, -0.05) is 5.57 Å². The van der Waals surface area contributed by atoms with Gasteiger partial charge < -0.3 is 17.9 Å². The number of carbonyl (C=O) groups excluding carboxylic acids is 2. The Morgan fingerprint density at radius 3 is 2.27 bits per heavy atom. The van der Waals surface area contributed by atoms with Crippen LogP contribution in [0, 0.1) is 29.1 Å². The Labute approximate surface area is 156 Å². The van der Waals surface area contributed by atoms with E-state index in [2.05, 4.69) is 12.4 Å². The average Bonchev–Trinajstić information content (AvgIpc) is 3.14. The minimum Gasteiger partial charge on any atom is -0.457 e. The third-order valence-electron chi connectivity index (χ3n) is 5.81. The van der Waals surface area contributed by atoms with Crippen LogP contribution in [-0.2, 0) is 38.1 Å². The van der Waals surface area contributed by atoms with Gasteiger partial charge in [-0.05, 0) is 57.8 Å². The van der Waals surface area contributed by atoms with E-state index in [4.69, 9.17) is 13.7 Å². The van der Waals surface area contributed by atoms with Gasteiger partial charge in [0.1, 0.15) is 6.10 Å². The van der Waals surface area contributed by atoms with Crippen molar-refractivity contribution in [2.75, 3.05) is 6.61 Å². The Balaban J connectivity index is 1.54. The second-order valence-electron chi connectivity index (χ2n) is 8.54. The normalized spacial score (nSPS) is 34.5. The number of allylic oxidation sites excluding steroid dienone is 1. The van der Waals surface area contributed by atoms with Crippen LogP contribution in [0.4, 0.5) is 0 Å². The zero-order valence-electron chi connectivity index (χ0n) is 15.6. The first-order valence-electron chi connectivity index (χ1n) is 9.00. The van der Waals surface area contributed by atoms with Crippen LogP contribution < -0.4 is 0 Å². The summed E-state index contributed by atoms with van der Waals surface area (Å²) in [4.78, 5) is 24.4. The van der Waals surface area contributed by atoms with Crippen LogP contribution >= 0.6 is 0 Å². The van der Waals surface area contributed by atoms with Crippen LogP contribution in [0.2, 0.25) is 0 Å². The molecule has 0 spiro atoms. The molecule has 0 aromatic carbocycles. The molecule has 0 aliphatic heterocycles. The maximum Gasteiger partial charge on any atom is 0.344 e. The van der Waals surface area contributed by atoms with Crippen LogP contribution in [0.25, 0.3) is 0 Å². The summed E-state index contributed by atoms with van der Waals surface area (Å²) in [7, 11) is -1.65. The van der Waals surface area contributed by atoms with E-state index in [1.807, 2.05) is 6.92 Å². The molecule has 3 aliphatic carbocycles. The highest BCUT2D eigenvalue weighted by Gasteiger charge is 2.66. The molecule has 3 saturated carbocycles. The van der Waals surface area contributed by atoms with E-state index in [9.17, 15) is 13.8 Å². The minimum atomic E-state index is -1.65. The van der Waals surface area contributed by atoms with Crippen molar-refractivity contribution in [3.63, 3.8) is 0 Å². The Hall–Kier alpha value is -1.34. The summed E-state index contributed by atoms with van der Waals surface area (Å²) >= 11 is 0. The van der Waals surface area contributed by atoms with Gasteiger partial charge in [0.2, 0.25) is 0 Å². The summed E-state index contributed by atoms with van der Waals surface area (Å²) in [5.74, 6) is 4.04. The summed E-state index contributed by atoms with van der Waals surface area (Å²) in [6.45, 7) is 8.73. The zero-order chi connectivity index (χ0) is 19.2. The Bertz CT molecular complexity index is 686. The van der Waals surface area contributed by atoms with Crippen molar-refractivity contribution in [1.82, 2.24) is 0 Å². The molecule has 7 heteroatoms. The van der Waals surface area contributed by atoms with E-state index in [0.717, 1.165) is 18.4 Å². The molecule has 3 fully saturated rings. The van der Waals surface area contributed by atoms with E-state index >= 15 is 0 Å². The summed E-state index contributed by atoms with van der Waals surface area (Å²) in [5, 5.41) is 0. The second kappa shape index (κ2) is 7.00. The predicted molar refractivity (Wildman–Crippen MR) is 97.3 cm³/mol. The molecule has 3 rings (SSSR count). The smallest absolute Gasteiger partial charge is 0.344 e. The lowest BCUT2D eigenvalue weighted by molar-refractivity contribution is -0.171. The van der Waals surface area contributed by atoms with Crippen molar-refractivity contribution in [1.29, 1.82) is 0 Å². The highest BCUT2D eigenvalue weighted by Crippen LogP contribution is 2.66. The number of esters is 2. The Kier molecular flexibility index (Phi) is 5.23. The van der Waals surface area contributed by atoms with E-state index < -0.39 is 40.7 Å². The zero-order valence-corrected chi connectivity index (χ0v) is 16.4. The lowest BCUT2D eigenvalue weighted by Crippen LogP contribution is -2.40. The number of fused-ring (bicyclic) bond motifs is 5. The third-order valence-corrected chi connectivity index (χ3v) is 6.24. The lowest BCUT2D eigenvalue weighted by atomic mass is 9.86. The highest BCUT2D eigenvalue weighted by molar-refractivity contribution is 7.77. The van der Waals surface area contributed by atoms with E-state index in [1.165, 1.54) is 0 Å². The van der Waals surface area contributed by atoms with Crippen molar-refractivity contribution < 1.29 is 27.5 Å². The van der Waals surface area contributed by atoms with Crippen molar-refractivity contribution >= 4 is 28.5 Å². The minimum absolute atomic E-state index is 0.248. The van der Waals surface area contributed by atoms with Gasteiger partial charge in [-0.3, -0.25) is 4.79 Å². The van der Waals surface area contributed by atoms with Crippen LogP contribution in [0.15, 0.2) is 12.2 Å². The largest absolute Gasteiger partial charge is 0.457 e. The molecule has 0 saturated heterocycles. The maximum absolute atomic E-state index is 12.2. The van der Waals surface area contributed by atoms with Gasteiger partial charge in [-0.25, -0.2) is 4.79 Å². The maximum atomic E-state index is 12.2. The van der Waals surface area contributed by atoms with E-state index in [1.54, 1.807) is 13.8 Å². The van der Waals surface area contributed by atoms with Gasteiger partial charge in [-0.2, -0.15) is 16.5 Å². The standard InChI is InChI=1S/C19H27O6S/c1-10(2)8-19(3,4)18(21)23-9-15(20)24-16-13-7-14(12-6-11(12)13)17(16)25-26(5)22/h11-14,16-17H,1,5-9H2,2-4H3/q-1. The molecule has 0 heterocycles. The lowest BCUT2D eigenvalue weighted by Gasteiger charge is -2.32. The second-order valence-corrected chi connectivity index (χ2v) is 9.34. The van der Waals surface area contributed by atoms with Gasteiger partial charge in [-0.15, -0.1) is 6.58 Å². The van der Waals surface area contributed by atoms with Gasteiger partial charge in [0, 0.05) is 5.92 Å². The molecular formula is C19H27O6S-. The van der Waals surface area contributed by atoms with E-state index in [-0.39, 0.29) is 17.9 Å². The Morgan fingerprint density at radius 1 is 1.12 bits per heavy atom. The van der Waals surface area contributed by atoms with Crippen LogP contribution in [0.1, 0.15) is 40.0 Å². The molecule has 6 atom stereocenters. The fraction of sp³-hybridized carbons (Fsp3) is 0.737. The fourth-order valence-corrected chi connectivity index (χ4v) is 5.36.